The van der Waals surface area contributed by atoms with Crippen LogP contribution in [-0.2, 0) is 20.4 Å². The number of aliphatic hydroxyl groups excluding tert-OH is 1. The van der Waals surface area contributed by atoms with Crippen LogP contribution in [0.15, 0.2) is 136 Å². The lowest BCUT2D eigenvalue weighted by molar-refractivity contribution is -0.134. The summed E-state index contributed by atoms with van der Waals surface area (Å²) in [7, 11) is -1.00. The van der Waals surface area contributed by atoms with Gasteiger partial charge in [0.1, 0.15) is 17.6 Å². The standard InChI is InChI=1S/C15H13NO3.C15H15NO2.C10H7NO2.C10H6O2.C5H10O.C2H4O2.C2H6O.CH3F/c1-15(2,3)14-16-10-12(18)11(17)8-6-4-5-7-9(8)13(10)19-14;1-15(2,3)14-16-11-8-12(17)9-6-4-5-7-10(9)13(11)18-14;11-8-5-9(12)6-3-1-2-4-7(6)10(8)13;11-9-5-6-10(12)8-4-2-1-3-7(8)9;1-5(2,3)4-6;1-2(3)4;1-2-3;1-2/h4-7H,1-3H3;4-8,17H,1-3H3;1-5H,11H2;1-6H;4H,1-3H3;1H3,(H,3,4);3H,2H2,1H3;1H3/i;;;;;;;1D. The molecule has 0 saturated heterocycles. The first-order valence-corrected chi connectivity index (χ1v) is 23.8. The molecule has 404 valence electrons. The van der Waals surface area contributed by atoms with Crippen LogP contribution in [0.4, 0.5) is 4.39 Å². The predicted octanol–water partition coefficient (Wildman–Crippen LogP) is 11.4. The number of benzene rings is 5. The van der Waals surface area contributed by atoms with E-state index >= 15 is 0 Å². The Morgan fingerprint density at radius 2 is 1.03 bits per heavy atom. The van der Waals surface area contributed by atoms with Crippen molar-refractivity contribution in [3.05, 3.63) is 172 Å². The molecule has 0 radical (unpaired) electrons. The highest BCUT2D eigenvalue weighted by atomic mass is 19.1. The Bertz CT molecular complexity index is 3360. The lowest BCUT2D eigenvalue weighted by atomic mass is 9.91. The molecule has 3 aliphatic rings. The Labute approximate surface area is 446 Å². The minimum atomic E-state index is -1.00. The predicted molar refractivity (Wildman–Crippen MR) is 291 cm³/mol. The summed E-state index contributed by atoms with van der Waals surface area (Å²) in [5.74, 6) is -0.788. The second-order valence-electron chi connectivity index (χ2n) is 20.0. The van der Waals surface area contributed by atoms with Crippen LogP contribution >= 0.6 is 0 Å². The maximum absolute atomic E-state index is 12.0. The Hall–Kier alpha value is -8.83. The van der Waals surface area contributed by atoms with Gasteiger partial charge >= 0.3 is 0 Å². The summed E-state index contributed by atoms with van der Waals surface area (Å²) in [6.45, 7) is 20.6. The number of oxazole rings is 2. The first-order chi connectivity index (χ1) is 36.5. The van der Waals surface area contributed by atoms with Crippen molar-refractivity contribution >= 4 is 68.8 Å². The molecule has 5 N–H and O–H groups in total. The second-order valence-corrected chi connectivity index (χ2v) is 20.0. The third-order valence-electron chi connectivity index (χ3n) is 10.3. The monoisotopic (exact) mass is 1050 g/mol. The van der Waals surface area contributed by atoms with Crippen molar-refractivity contribution in [3.8, 4) is 17.1 Å². The highest BCUT2D eigenvalue weighted by Crippen LogP contribution is 2.37. The molecule has 7 aromatic rings. The van der Waals surface area contributed by atoms with Crippen molar-refractivity contribution in [2.24, 2.45) is 11.1 Å². The normalized spacial score (nSPS) is 12.9. The number of alkyl halides is 1. The number of carbonyl (C=O) groups is 8. The van der Waals surface area contributed by atoms with E-state index in [2.05, 4.69) is 30.7 Å². The van der Waals surface area contributed by atoms with E-state index in [4.69, 9.17) is 30.9 Å². The smallest absolute Gasteiger partial charge is 0.300 e. The van der Waals surface area contributed by atoms with Crippen LogP contribution in [0.3, 0.4) is 0 Å². The van der Waals surface area contributed by atoms with Gasteiger partial charge in [-0.3, -0.25) is 38.0 Å². The molecule has 5 aromatic carbocycles. The fourth-order valence-corrected chi connectivity index (χ4v) is 6.72. The third kappa shape index (κ3) is 16.6. The Kier molecular flexibility index (Phi) is 21.4. The number of nitrogens with zero attached hydrogens (tertiary/aromatic N) is 2. The topological polar surface area (TPSA) is 275 Å². The molecule has 0 fully saturated rings. The quantitative estimate of drug-likeness (QED) is 0.0811. The Morgan fingerprint density at radius 3 is 1.47 bits per heavy atom. The van der Waals surface area contributed by atoms with Crippen LogP contribution in [0.1, 0.15) is 152 Å². The number of Topliss-reactive ketones (excluding diaryl/α,β-unsaturated/α-hetero) is 3. The molecule has 0 aliphatic heterocycles. The van der Waals surface area contributed by atoms with Crippen LogP contribution in [-0.4, -0.2) is 86.0 Å². The minimum Gasteiger partial charge on any atom is -0.507 e. The van der Waals surface area contributed by atoms with Crippen LogP contribution in [0, 0.1) is 5.41 Å². The molecule has 0 spiro atoms. The van der Waals surface area contributed by atoms with Gasteiger partial charge in [0.05, 0.1) is 14.2 Å². The second kappa shape index (κ2) is 27.1. The highest BCUT2D eigenvalue weighted by molar-refractivity contribution is 6.52. The molecule has 0 unspecified atom stereocenters. The number of hydrogen-bond donors (Lipinski definition) is 4. The van der Waals surface area contributed by atoms with Crippen LogP contribution < -0.4 is 5.73 Å². The molecule has 0 saturated carbocycles. The third-order valence-corrected chi connectivity index (χ3v) is 10.3. The molecule has 0 atom stereocenters. The van der Waals surface area contributed by atoms with E-state index in [1.165, 1.54) is 18.2 Å². The van der Waals surface area contributed by atoms with E-state index in [-0.39, 0.29) is 63.1 Å². The van der Waals surface area contributed by atoms with Gasteiger partial charge in [-0.25, -0.2) is 9.97 Å². The molecular formula is C60H64FN3O13. The van der Waals surface area contributed by atoms with Crippen molar-refractivity contribution in [2.45, 2.75) is 87.0 Å². The van der Waals surface area contributed by atoms with Crippen molar-refractivity contribution in [3.63, 3.8) is 0 Å². The molecule has 77 heavy (non-hydrogen) atoms. The highest BCUT2D eigenvalue weighted by Gasteiger charge is 2.37. The number of hydrogen-bond acceptors (Lipinski definition) is 15. The minimum absolute atomic E-state index is 0.0173. The molecular weight excluding hydrogens is 990 g/mol. The number of carboxylic acids is 1. The number of phenolic OH excluding ortho intramolecular Hbond substituents is 1. The van der Waals surface area contributed by atoms with Crippen LogP contribution in [0.5, 0.6) is 5.75 Å². The van der Waals surface area contributed by atoms with Gasteiger partial charge in [0, 0.05) is 86.1 Å². The summed E-state index contributed by atoms with van der Waals surface area (Å²) >= 11 is 0. The van der Waals surface area contributed by atoms with E-state index in [0.29, 0.717) is 56.4 Å². The van der Waals surface area contributed by atoms with Gasteiger partial charge in [-0.2, -0.15) is 0 Å². The van der Waals surface area contributed by atoms with Gasteiger partial charge in [0.15, 0.2) is 34.4 Å². The SMILES string of the molecule is CC(=O)O.CC(C)(C)C=O.CC(C)(C)c1nc2c(o1)-c1ccccc1C(=O)C2=O.CC(C)(C)c1nc2cc(O)c3ccccc3c2o1.CCO.NC1=CC(=O)c2ccccc2C1=O.O=C1C=CC(=O)c2ccccc21.[2H]CF. The molecule has 2 aromatic heterocycles. The zero-order valence-electron chi connectivity index (χ0n) is 45.8. The number of aliphatic hydroxyl groups is 1. The molecule has 3 aliphatic carbocycles. The lowest BCUT2D eigenvalue weighted by Gasteiger charge is -2.12. The largest absolute Gasteiger partial charge is 0.507 e. The number of aromatic nitrogens is 2. The zero-order chi connectivity index (χ0) is 58.9. The summed E-state index contributed by atoms with van der Waals surface area (Å²) in [5.41, 5.74) is 9.25. The van der Waals surface area contributed by atoms with Crippen molar-refractivity contribution in [1.82, 2.24) is 9.97 Å². The number of fused-ring (bicyclic) bond motifs is 8. The number of rotatable bonds is 0. The lowest BCUT2D eigenvalue weighted by Crippen LogP contribution is -2.21. The first kappa shape index (κ1) is 60.7. The van der Waals surface area contributed by atoms with E-state index in [1.807, 2.05) is 71.9 Å². The summed E-state index contributed by atoms with van der Waals surface area (Å²) < 4.78 is 27.1. The van der Waals surface area contributed by atoms with Crippen LogP contribution in [0.2, 0.25) is 0 Å². The zero-order valence-corrected chi connectivity index (χ0v) is 44.8. The molecule has 0 amide bonds. The summed E-state index contributed by atoms with van der Waals surface area (Å²) in [5, 5.41) is 26.7. The Morgan fingerprint density at radius 1 is 0.649 bits per heavy atom. The molecule has 17 heteroatoms. The van der Waals surface area contributed by atoms with E-state index in [0.717, 1.165) is 29.6 Å². The van der Waals surface area contributed by atoms with Gasteiger partial charge < -0.3 is 34.7 Å². The molecule has 0 bridgehead atoms. The number of carboxylic acid groups (broad SMARTS) is 1. The fourth-order valence-electron chi connectivity index (χ4n) is 6.72. The van der Waals surface area contributed by atoms with Crippen molar-refractivity contribution < 1.29 is 68.3 Å². The average Bonchev–Trinajstić information content (AvgIpc) is 4.09. The first-order valence-electron chi connectivity index (χ1n) is 24.5. The number of nitrogens with two attached hydrogens (primary N) is 1. The van der Waals surface area contributed by atoms with E-state index in [9.17, 15) is 43.1 Å². The van der Waals surface area contributed by atoms with Crippen molar-refractivity contribution in [1.29, 1.82) is 0 Å². The number of ketones is 6. The van der Waals surface area contributed by atoms with Crippen molar-refractivity contribution in [2.75, 3.05) is 13.8 Å². The average molecular weight is 1060 g/mol. The van der Waals surface area contributed by atoms with E-state index in [1.54, 1.807) is 79.7 Å². The van der Waals surface area contributed by atoms with Gasteiger partial charge in [0.2, 0.25) is 23.3 Å². The molecule has 16 nitrogen and oxygen atoms in total. The number of phenols is 1. The van der Waals surface area contributed by atoms with Gasteiger partial charge in [-0.15, -0.1) is 0 Å². The number of halogens is 1. The summed E-state index contributed by atoms with van der Waals surface area (Å²) in [6, 6.07) is 29.8. The number of aliphatic carboxylic acids is 1. The van der Waals surface area contributed by atoms with Gasteiger partial charge in [-0.05, 0) is 19.1 Å². The maximum Gasteiger partial charge on any atom is 0.300 e. The van der Waals surface area contributed by atoms with E-state index < -0.39 is 24.7 Å². The molecule has 10 rings (SSSR count). The van der Waals surface area contributed by atoms with Crippen LogP contribution in [0.25, 0.3) is 33.2 Å². The number of allylic oxidation sites excluding steroid dienone is 4. The van der Waals surface area contributed by atoms with Gasteiger partial charge in [-0.1, -0.05) is 159 Å². The fraction of sp³-hybridized carbons (Fsp3) is 0.267. The molecule has 2 heterocycles. The van der Waals surface area contributed by atoms with Gasteiger partial charge in [0.25, 0.3) is 11.8 Å². The maximum atomic E-state index is 12.0. The number of aromatic hydroxyl groups is 1. The summed E-state index contributed by atoms with van der Waals surface area (Å²) in [4.78, 5) is 96.7. The number of carbonyl (C=O) groups excluding carboxylic acids is 7. The summed E-state index contributed by atoms with van der Waals surface area (Å²) in [6.07, 6.45) is 4.73. The number of aldehydes is 1. The Balaban J connectivity index is 0.000000253.